The van der Waals surface area contributed by atoms with Crippen molar-refractivity contribution in [1.29, 1.82) is 0 Å². The largest absolute Gasteiger partial charge is 0.507 e. The lowest BCUT2D eigenvalue weighted by Gasteiger charge is -2.14. The van der Waals surface area contributed by atoms with E-state index in [9.17, 15) is 53.1 Å². The number of anilines is 1. The van der Waals surface area contributed by atoms with E-state index in [0.29, 0.717) is 76.7 Å². The summed E-state index contributed by atoms with van der Waals surface area (Å²) in [6, 6.07) is 26.2. The Morgan fingerprint density at radius 1 is 0.414 bits per heavy atom. The monoisotopic (exact) mass is 1200 g/mol. The van der Waals surface area contributed by atoms with E-state index in [1.54, 1.807) is 100 Å². The molecule has 0 saturated carbocycles. The maximum atomic E-state index is 12.1. The summed E-state index contributed by atoms with van der Waals surface area (Å²) in [5.74, 6) is -3.94. The molecule has 0 atom stereocenters. The standard InChI is InChI=1S/C19H21NO4.C12H14O4.2C12H14O3.C11H12O4.C2H6/c1-4-23-18(21)17-14(3)10-13(2)11-16(17)20-19(22)24-12-15-8-6-5-7-9-15;1-4-16-12(15)10-8(3)5-7(2)6-9(10)11(13)14;2*1-4-15-12(14)11-9(3)5-8(2)6-10(11)7-13;1-3-15-11(14)10-8(6-12)4-7(2)5-9(10)13;1-2/h5-11H,4,12H2,1-3H3,(H,20,22);5-6H,4H2,1-3H3,(H,13,14);2*5-7H,4H2,1-3H3;4-6,13H,3H2,1-2H3;1-2H3. The van der Waals surface area contributed by atoms with Gasteiger partial charge >= 0.3 is 41.9 Å². The number of benzene rings is 6. The van der Waals surface area contributed by atoms with Crippen molar-refractivity contribution in [2.45, 2.75) is 117 Å². The molecule has 6 aromatic carbocycles. The number of carboxylic acids is 1. The minimum atomic E-state index is -1.12. The molecule has 0 heterocycles. The average molecular weight is 1200 g/mol. The number of nitrogens with one attached hydrogen (secondary N) is 1. The molecule has 0 radical (unpaired) electrons. The number of aldehydes is 3. The highest BCUT2D eigenvalue weighted by molar-refractivity contribution is 6.05. The van der Waals surface area contributed by atoms with E-state index < -0.39 is 41.9 Å². The minimum Gasteiger partial charge on any atom is -0.507 e. The van der Waals surface area contributed by atoms with Crippen LogP contribution in [0.5, 0.6) is 5.75 Å². The van der Waals surface area contributed by atoms with E-state index in [1.807, 2.05) is 83.1 Å². The lowest BCUT2D eigenvalue weighted by atomic mass is 9.99. The van der Waals surface area contributed by atoms with Gasteiger partial charge in [-0.2, -0.15) is 0 Å². The van der Waals surface area contributed by atoms with Gasteiger partial charge in [-0.25, -0.2) is 33.6 Å². The number of ether oxygens (including phenoxy) is 6. The summed E-state index contributed by atoms with van der Waals surface area (Å²) in [5.41, 5.74) is 10.6. The molecule has 0 saturated heterocycles. The molecule has 1 amide bonds. The van der Waals surface area contributed by atoms with Gasteiger partial charge in [0, 0.05) is 16.7 Å². The van der Waals surface area contributed by atoms with E-state index in [-0.39, 0.29) is 54.4 Å². The minimum absolute atomic E-state index is 0.00375. The van der Waals surface area contributed by atoms with Crippen LogP contribution in [0.15, 0.2) is 91.0 Å². The molecule has 0 aliphatic rings. The molecule has 6 aromatic rings. The molecule has 0 unspecified atom stereocenters. The van der Waals surface area contributed by atoms with Crippen LogP contribution in [-0.4, -0.2) is 104 Å². The second-order valence-corrected chi connectivity index (χ2v) is 18.8. The number of aromatic carboxylic acids is 1. The summed E-state index contributed by atoms with van der Waals surface area (Å²) >= 11 is 0. The Balaban J connectivity index is 0.000000548. The Morgan fingerprint density at radius 2 is 0.736 bits per heavy atom. The molecule has 0 spiro atoms. The molecule has 19 nitrogen and oxygen atoms in total. The molecule has 0 aromatic heterocycles. The third-order valence-corrected chi connectivity index (χ3v) is 11.7. The van der Waals surface area contributed by atoms with Gasteiger partial charge in [-0.05, 0) is 178 Å². The van der Waals surface area contributed by atoms with Crippen LogP contribution >= 0.6 is 0 Å². The van der Waals surface area contributed by atoms with Gasteiger partial charge in [-0.15, -0.1) is 0 Å². The molecule has 0 aliphatic heterocycles. The van der Waals surface area contributed by atoms with E-state index >= 15 is 0 Å². The number of phenolic OH excluding ortho intramolecular Hbond substituents is 1. The predicted octanol–water partition coefficient (Wildman–Crippen LogP) is 13.7. The molecule has 6 rings (SSSR count). The van der Waals surface area contributed by atoms with Gasteiger partial charge in [0.2, 0.25) is 0 Å². The Morgan fingerprint density at radius 3 is 1.13 bits per heavy atom. The third-order valence-electron chi connectivity index (χ3n) is 11.7. The molecule has 466 valence electrons. The molecule has 0 aliphatic carbocycles. The fourth-order valence-corrected chi connectivity index (χ4v) is 8.48. The molecular weight excluding hydrogens is 1120 g/mol. The number of phenols is 1. The van der Waals surface area contributed by atoms with Gasteiger partial charge < -0.3 is 38.6 Å². The summed E-state index contributed by atoms with van der Waals surface area (Å²) < 4.78 is 29.6. The lowest BCUT2D eigenvalue weighted by molar-refractivity contribution is 0.0509. The SMILES string of the molecule is CC.CCOC(=O)c1c(C)cc(C)cc1C(=O)O.CCOC(=O)c1c(C)cc(C)cc1C=O.CCOC(=O)c1c(C)cc(C)cc1C=O.CCOC(=O)c1c(C)cc(C)cc1NC(=O)OCc1ccccc1.CCOC(=O)c1c(O)cc(C)cc1C=O. The second-order valence-electron chi connectivity index (χ2n) is 18.8. The van der Waals surface area contributed by atoms with Crippen molar-refractivity contribution >= 4 is 66.5 Å². The number of esters is 5. The zero-order chi connectivity index (χ0) is 66.1. The predicted molar refractivity (Wildman–Crippen MR) is 331 cm³/mol. The summed E-state index contributed by atoms with van der Waals surface area (Å²) in [6.07, 6.45) is 1.28. The van der Waals surface area contributed by atoms with Crippen molar-refractivity contribution < 1.29 is 86.6 Å². The van der Waals surface area contributed by atoms with E-state index in [4.69, 9.17) is 33.5 Å². The Bertz CT molecular complexity index is 3180. The van der Waals surface area contributed by atoms with Gasteiger partial charge in [0.1, 0.15) is 17.9 Å². The smallest absolute Gasteiger partial charge is 0.411 e. The lowest BCUT2D eigenvalue weighted by Crippen LogP contribution is -2.18. The maximum absolute atomic E-state index is 12.1. The van der Waals surface area contributed by atoms with Crippen LogP contribution in [0.3, 0.4) is 0 Å². The number of carboxylic acid groups (broad SMARTS) is 1. The molecule has 19 heteroatoms. The van der Waals surface area contributed by atoms with E-state index in [2.05, 4.69) is 5.32 Å². The summed E-state index contributed by atoms with van der Waals surface area (Å²) in [5, 5.41) is 21.2. The normalized spacial score (nSPS) is 9.75. The van der Waals surface area contributed by atoms with Crippen LogP contribution in [0.1, 0.15) is 197 Å². The van der Waals surface area contributed by atoms with E-state index in [0.717, 1.165) is 44.5 Å². The first kappa shape index (κ1) is 75.2. The van der Waals surface area contributed by atoms with Crippen molar-refractivity contribution in [3.8, 4) is 5.75 Å². The first-order valence-corrected chi connectivity index (χ1v) is 28.0. The number of rotatable bonds is 17. The highest BCUT2D eigenvalue weighted by Gasteiger charge is 2.23. The van der Waals surface area contributed by atoms with Crippen LogP contribution in [0.25, 0.3) is 0 Å². The van der Waals surface area contributed by atoms with Crippen molar-refractivity contribution in [1.82, 2.24) is 0 Å². The number of aryl methyl sites for hydroxylation is 9. The molecule has 0 bridgehead atoms. The first-order valence-electron chi connectivity index (χ1n) is 28.0. The van der Waals surface area contributed by atoms with Gasteiger partial charge in [-0.3, -0.25) is 19.7 Å². The van der Waals surface area contributed by atoms with Crippen molar-refractivity contribution in [3.63, 3.8) is 0 Å². The van der Waals surface area contributed by atoms with Crippen LogP contribution in [-0.2, 0) is 35.0 Å². The first-order chi connectivity index (χ1) is 41.3. The zero-order valence-corrected chi connectivity index (χ0v) is 52.6. The summed E-state index contributed by atoms with van der Waals surface area (Å²) in [7, 11) is 0. The Kier molecular flexibility index (Phi) is 33.7. The average Bonchev–Trinajstić information content (AvgIpc) is 2.68. The Labute approximate surface area is 509 Å². The second kappa shape index (κ2) is 39.0. The van der Waals surface area contributed by atoms with Gasteiger partial charge in [0.15, 0.2) is 18.9 Å². The number of carbonyl (C=O) groups is 10. The highest BCUT2D eigenvalue weighted by atomic mass is 16.6. The van der Waals surface area contributed by atoms with Crippen LogP contribution in [0.2, 0.25) is 0 Å². The van der Waals surface area contributed by atoms with Crippen molar-refractivity contribution in [2.75, 3.05) is 38.4 Å². The highest BCUT2D eigenvalue weighted by Crippen LogP contribution is 2.26. The third kappa shape index (κ3) is 24.0. The van der Waals surface area contributed by atoms with Crippen LogP contribution < -0.4 is 5.32 Å². The number of hydrogen-bond donors (Lipinski definition) is 3. The molecule has 3 N–H and O–H groups in total. The van der Waals surface area contributed by atoms with Crippen molar-refractivity contribution in [3.05, 3.63) is 197 Å². The van der Waals surface area contributed by atoms with E-state index in [1.165, 1.54) is 18.2 Å². The van der Waals surface area contributed by atoms with Crippen LogP contribution in [0, 0.1) is 62.3 Å². The quantitative estimate of drug-likeness (QED) is 0.0435. The molecular formula is C68H81NO18. The fourth-order valence-electron chi connectivity index (χ4n) is 8.48. The van der Waals surface area contributed by atoms with Gasteiger partial charge in [0.05, 0.1) is 66.5 Å². The Hall–Kier alpha value is -9.78. The fraction of sp³-hybridized carbons (Fsp3) is 0.324. The zero-order valence-electron chi connectivity index (χ0n) is 52.6. The molecule has 0 fully saturated rings. The summed E-state index contributed by atoms with van der Waals surface area (Å²) in [6.45, 7) is 30.3. The number of hydrogen-bond acceptors (Lipinski definition) is 17. The topological polar surface area (TPSA) is 279 Å². The number of amides is 1. The van der Waals surface area contributed by atoms with Crippen LogP contribution in [0.4, 0.5) is 10.5 Å². The summed E-state index contributed by atoms with van der Waals surface area (Å²) in [4.78, 5) is 114. The van der Waals surface area contributed by atoms with Gasteiger partial charge in [0.25, 0.3) is 0 Å². The van der Waals surface area contributed by atoms with Crippen molar-refractivity contribution in [2.24, 2.45) is 0 Å². The maximum Gasteiger partial charge on any atom is 0.411 e. The number of aromatic hydroxyl groups is 1. The molecule has 87 heavy (non-hydrogen) atoms. The number of carbonyl (C=O) groups excluding carboxylic acids is 9. The van der Waals surface area contributed by atoms with Gasteiger partial charge in [-0.1, -0.05) is 79.6 Å².